The van der Waals surface area contributed by atoms with Gasteiger partial charge >= 0.3 is 12.6 Å². The van der Waals surface area contributed by atoms with Crippen LogP contribution >= 0.6 is 12.4 Å². The molecule has 9 heteroatoms. The number of halogens is 3. The minimum atomic E-state index is -2.91. The van der Waals surface area contributed by atoms with Crippen molar-refractivity contribution in [1.82, 2.24) is 4.90 Å². The van der Waals surface area contributed by atoms with Crippen LogP contribution in [0.25, 0.3) is 0 Å². The first-order valence-corrected chi connectivity index (χ1v) is 7.46. The van der Waals surface area contributed by atoms with Crippen LogP contribution in [0.1, 0.15) is 10.4 Å². The average Bonchev–Trinajstić information content (AvgIpc) is 3.11. The molecule has 2 atom stereocenters. The number of hydrogen-bond donors (Lipinski definition) is 0. The fourth-order valence-corrected chi connectivity index (χ4v) is 3.34. The van der Waals surface area contributed by atoms with Gasteiger partial charge in [0.1, 0.15) is 11.2 Å². The Morgan fingerprint density at radius 1 is 1.32 bits per heavy atom. The van der Waals surface area contributed by atoms with Gasteiger partial charge in [0.15, 0.2) is 0 Å². The van der Waals surface area contributed by atoms with Crippen LogP contribution in [-0.2, 0) is 14.3 Å². The van der Waals surface area contributed by atoms with Gasteiger partial charge in [-0.05, 0) is 24.3 Å². The topological polar surface area (TPSA) is 65.1 Å². The molecular weight excluding hydrogens is 360 g/mol. The standard InChI is InChI=1S/C16H17F2NO5.ClH/c1-22-14(21)16-8-19(6-11(16)7-23-9-16)13(20)10-2-4-12(5-3-10)24-15(17)18;/h2-5,11,15H,6-9H2,1H3;1H/t11-,16-;/m0./s1. The number of esters is 1. The van der Waals surface area contributed by atoms with E-state index in [2.05, 4.69) is 4.74 Å². The fraction of sp³-hybridized carbons (Fsp3) is 0.500. The highest BCUT2D eigenvalue weighted by Crippen LogP contribution is 2.42. The molecule has 0 spiro atoms. The summed E-state index contributed by atoms with van der Waals surface area (Å²) in [5, 5.41) is 0. The van der Waals surface area contributed by atoms with E-state index in [4.69, 9.17) is 9.47 Å². The van der Waals surface area contributed by atoms with Gasteiger partial charge in [-0.1, -0.05) is 0 Å². The van der Waals surface area contributed by atoms with Crippen molar-refractivity contribution < 1.29 is 32.6 Å². The van der Waals surface area contributed by atoms with E-state index >= 15 is 0 Å². The number of likely N-dealkylation sites (tertiary alicyclic amines) is 1. The third kappa shape index (κ3) is 3.55. The zero-order chi connectivity index (χ0) is 17.3. The van der Waals surface area contributed by atoms with Crippen LogP contribution in [0.15, 0.2) is 24.3 Å². The molecule has 0 N–H and O–H groups in total. The van der Waals surface area contributed by atoms with Crippen LogP contribution in [-0.4, -0.2) is 56.8 Å². The Labute approximate surface area is 149 Å². The molecule has 0 saturated carbocycles. The molecule has 0 aliphatic carbocycles. The maximum atomic E-state index is 12.6. The second-order valence-corrected chi connectivity index (χ2v) is 5.95. The Hall–Kier alpha value is -1.93. The van der Waals surface area contributed by atoms with Gasteiger partial charge in [0, 0.05) is 24.6 Å². The minimum Gasteiger partial charge on any atom is -0.468 e. The summed E-state index contributed by atoms with van der Waals surface area (Å²) in [5.74, 6) is -0.758. The molecule has 2 heterocycles. The lowest BCUT2D eigenvalue weighted by molar-refractivity contribution is -0.153. The molecule has 3 rings (SSSR count). The molecule has 0 radical (unpaired) electrons. The van der Waals surface area contributed by atoms with Crippen LogP contribution in [0.4, 0.5) is 8.78 Å². The van der Waals surface area contributed by atoms with Gasteiger partial charge in [-0.2, -0.15) is 8.78 Å². The molecule has 1 aromatic rings. The number of ether oxygens (including phenoxy) is 3. The van der Waals surface area contributed by atoms with Crippen molar-refractivity contribution in [2.24, 2.45) is 11.3 Å². The molecule has 6 nitrogen and oxygen atoms in total. The highest BCUT2D eigenvalue weighted by atomic mass is 35.5. The number of methoxy groups -OCH3 is 1. The average molecular weight is 378 g/mol. The predicted octanol–water partition coefficient (Wildman–Crippen LogP) is 1.97. The highest BCUT2D eigenvalue weighted by Gasteiger charge is 2.57. The second kappa shape index (κ2) is 7.53. The van der Waals surface area contributed by atoms with E-state index < -0.39 is 12.0 Å². The third-order valence-electron chi connectivity index (χ3n) is 4.58. The number of hydrogen-bond acceptors (Lipinski definition) is 5. The molecule has 2 fully saturated rings. The fourth-order valence-electron chi connectivity index (χ4n) is 3.34. The van der Waals surface area contributed by atoms with Gasteiger partial charge in [-0.25, -0.2) is 0 Å². The number of carbonyl (C=O) groups is 2. The lowest BCUT2D eigenvalue weighted by Gasteiger charge is -2.23. The van der Waals surface area contributed by atoms with Gasteiger partial charge in [0.05, 0.1) is 20.3 Å². The van der Waals surface area contributed by atoms with E-state index in [1.807, 2.05) is 0 Å². The van der Waals surface area contributed by atoms with Crippen LogP contribution < -0.4 is 4.74 Å². The summed E-state index contributed by atoms with van der Waals surface area (Å²) in [5.41, 5.74) is -0.471. The summed E-state index contributed by atoms with van der Waals surface area (Å²) in [7, 11) is 1.32. The Morgan fingerprint density at radius 2 is 2.00 bits per heavy atom. The van der Waals surface area contributed by atoms with E-state index in [0.717, 1.165) is 0 Å². The Morgan fingerprint density at radius 3 is 2.60 bits per heavy atom. The quantitative estimate of drug-likeness (QED) is 0.751. The molecule has 2 aliphatic heterocycles. The van der Waals surface area contributed by atoms with Crippen LogP contribution in [0.5, 0.6) is 5.75 Å². The molecule has 2 saturated heterocycles. The lowest BCUT2D eigenvalue weighted by Crippen LogP contribution is -2.41. The maximum absolute atomic E-state index is 12.6. The van der Waals surface area contributed by atoms with Gasteiger partial charge in [-0.15, -0.1) is 12.4 Å². The summed E-state index contributed by atoms with van der Waals surface area (Å²) < 4.78 is 38.9. The Balaban J connectivity index is 0.00000225. The normalized spacial score (nSPS) is 24.6. The van der Waals surface area contributed by atoms with Gasteiger partial charge in [0.25, 0.3) is 5.91 Å². The third-order valence-corrected chi connectivity index (χ3v) is 4.58. The number of nitrogens with zero attached hydrogens (tertiary/aromatic N) is 1. The molecule has 138 valence electrons. The molecular formula is C16H18ClF2NO5. The van der Waals surface area contributed by atoms with E-state index in [0.29, 0.717) is 18.7 Å². The van der Waals surface area contributed by atoms with Crippen molar-refractivity contribution in [3.05, 3.63) is 29.8 Å². The second-order valence-electron chi connectivity index (χ2n) is 5.95. The number of fused-ring (bicyclic) bond motifs is 1. The monoisotopic (exact) mass is 377 g/mol. The first kappa shape index (κ1) is 19.4. The zero-order valence-corrected chi connectivity index (χ0v) is 14.3. The number of alkyl halides is 2. The van der Waals surface area contributed by atoms with Gasteiger partial charge in [0.2, 0.25) is 0 Å². The molecule has 0 unspecified atom stereocenters. The minimum absolute atomic E-state index is 0. The molecule has 2 aliphatic rings. The number of amides is 1. The van der Waals surface area contributed by atoms with Crippen LogP contribution in [0, 0.1) is 11.3 Å². The Kier molecular flexibility index (Phi) is 5.84. The molecule has 25 heavy (non-hydrogen) atoms. The van der Waals surface area contributed by atoms with Crippen LogP contribution in [0.2, 0.25) is 0 Å². The van der Waals surface area contributed by atoms with Gasteiger partial charge < -0.3 is 19.1 Å². The molecule has 0 bridgehead atoms. The summed E-state index contributed by atoms with van der Waals surface area (Å²) in [6.45, 7) is -1.67. The van der Waals surface area contributed by atoms with Crippen molar-refractivity contribution >= 4 is 24.3 Å². The van der Waals surface area contributed by atoms with Crippen molar-refractivity contribution in [2.75, 3.05) is 33.4 Å². The lowest BCUT2D eigenvalue weighted by atomic mass is 9.81. The smallest absolute Gasteiger partial charge is 0.387 e. The molecule has 1 aromatic carbocycles. The van der Waals surface area contributed by atoms with E-state index in [1.165, 1.54) is 31.4 Å². The van der Waals surface area contributed by atoms with Crippen LogP contribution in [0.3, 0.4) is 0 Å². The van der Waals surface area contributed by atoms with Crippen molar-refractivity contribution in [2.45, 2.75) is 6.61 Å². The first-order valence-electron chi connectivity index (χ1n) is 7.46. The predicted molar refractivity (Wildman–Crippen MR) is 85.0 cm³/mol. The van der Waals surface area contributed by atoms with E-state index in [-0.39, 0.29) is 49.1 Å². The number of carbonyl (C=O) groups excluding carboxylic acids is 2. The molecule has 1 amide bonds. The van der Waals surface area contributed by atoms with E-state index in [1.54, 1.807) is 4.90 Å². The van der Waals surface area contributed by atoms with Crippen molar-refractivity contribution in [3.8, 4) is 5.75 Å². The SMILES string of the molecule is COC(=O)[C@@]12COC[C@@H]1CN(C(=O)c1ccc(OC(F)F)cc1)C2.Cl. The summed E-state index contributed by atoms with van der Waals surface area (Å²) in [4.78, 5) is 26.3. The van der Waals surface area contributed by atoms with E-state index in [9.17, 15) is 18.4 Å². The zero-order valence-electron chi connectivity index (χ0n) is 13.4. The Bertz CT molecular complexity index is 642. The number of rotatable bonds is 4. The summed E-state index contributed by atoms with van der Waals surface area (Å²) in [6, 6.07) is 5.48. The summed E-state index contributed by atoms with van der Waals surface area (Å²) in [6.07, 6.45) is 0. The van der Waals surface area contributed by atoms with Crippen molar-refractivity contribution in [3.63, 3.8) is 0 Å². The van der Waals surface area contributed by atoms with Gasteiger partial charge in [-0.3, -0.25) is 9.59 Å². The first-order chi connectivity index (χ1) is 11.5. The number of benzene rings is 1. The summed E-state index contributed by atoms with van der Waals surface area (Å²) >= 11 is 0. The largest absolute Gasteiger partial charge is 0.468 e. The van der Waals surface area contributed by atoms with Crippen molar-refractivity contribution in [1.29, 1.82) is 0 Å². The maximum Gasteiger partial charge on any atom is 0.387 e. The molecule has 0 aromatic heterocycles. The highest BCUT2D eigenvalue weighted by molar-refractivity contribution is 5.95.